The Bertz CT molecular complexity index is 1960. The number of fused-ring (bicyclic) bond motifs is 3. The van der Waals surface area contributed by atoms with Gasteiger partial charge in [0.25, 0.3) is 0 Å². The lowest BCUT2D eigenvalue weighted by Crippen LogP contribution is -2.47. The molecule has 0 unspecified atom stereocenters. The Hall–Kier alpha value is -2.18. The minimum atomic E-state index is -3.15. The average Bonchev–Trinajstić information content (AvgIpc) is 3.79. The van der Waals surface area contributed by atoms with Crippen molar-refractivity contribution in [3.05, 3.63) is 57.5 Å². The van der Waals surface area contributed by atoms with Crippen LogP contribution < -0.4 is 4.74 Å². The molecule has 15 heteroatoms. The maximum Gasteiger partial charge on any atom is 0.301 e. The highest BCUT2D eigenvalue weighted by molar-refractivity contribution is 7.90. The van der Waals surface area contributed by atoms with Gasteiger partial charge in [0.1, 0.15) is 30.3 Å². The van der Waals surface area contributed by atoms with E-state index in [0.29, 0.717) is 71.7 Å². The summed E-state index contributed by atoms with van der Waals surface area (Å²) in [5.74, 6) is -0.514. The molecular weight excluding hydrogens is 753 g/mol. The zero-order valence-electron chi connectivity index (χ0n) is 32.5. The molecule has 0 N–H and O–H groups in total. The van der Waals surface area contributed by atoms with Crippen molar-refractivity contribution >= 4 is 55.1 Å². The molecule has 0 amide bonds. The van der Waals surface area contributed by atoms with Crippen LogP contribution in [0, 0.1) is 5.82 Å². The van der Waals surface area contributed by atoms with Gasteiger partial charge in [-0.25, -0.2) is 17.8 Å². The summed E-state index contributed by atoms with van der Waals surface area (Å²) in [5.41, 5.74) is 4.05. The minimum Gasteiger partial charge on any atom is -0.456 e. The van der Waals surface area contributed by atoms with Gasteiger partial charge in [-0.2, -0.15) is 4.98 Å². The highest BCUT2D eigenvalue weighted by Gasteiger charge is 2.52. The van der Waals surface area contributed by atoms with E-state index in [4.69, 9.17) is 44.9 Å². The van der Waals surface area contributed by atoms with Gasteiger partial charge in [0.15, 0.2) is 29.9 Å². The van der Waals surface area contributed by atoms with E-state index in [-0.39, 0.29) is 47.6 Å². The largest absolute Gasteiger partial charge is 0.456 e. The third-order valence-electron chi connectivity index (χ3n) is 11.0. The quantitative estimate of drug-likeness (QED) is 0.119. The van der Waals surface area contributed by atoms with Gasteiger partial charge in [-0.1, -0.05) is 70.2 Å². The first-order valence-corrected chi connectivity index (χ1v) is 27.6. The van der Waals surface area contributed by atoms with E-state index in [0.717, 1.165) is 18.0 Å². The monoisotopic (exact) mass is 807 g/mol. The first-order chi connectivity index (χ1) is 24.7. The van der Waals surface area contributed by atoms with Gasteiger partial charge < -0.3 is 23.4 Å². The van der Waals surface area contributed by atoms with E-state index in [2.05, 4.69) is 53.5 Å². The van der Waals surface area contributed by atoms with Gasteiger partial charge in [0.2, 0.25) is 0 Å². The van der Waals surface area contributed by atoms with Crippen molar-refractivity contribution in [2.24, 2.45) is 0 Å². The lowest BCUT2D eigenvalue weighted by molar-refractivity contribution is 0.00687. The van der Waals surface area contributed by atoms with Gasteiger partial charge in [0, 0.05) is 20.9 Å². The van der Waals surface area contributed by atoms with Crippen LogP contribution in [0.25, 0.3) is 17.2 Å². The predicted molar refractivity (Wildman–Crippen MR) is 213 cm³/mol. The summed E-state index contributed by atoms with van der Waals surface area (Å²) in [6.45, 7) is 19.7. The molecule has 0 radical (unpaired) electrons. The normalized spacial score (nSPS) is 23.7. The van der Waals surface area contributed by atoms with Gasteiger partial charge in [-0.3, -0.25) is 4.57 Å². The number of pyridine rings is 1. The standard InChI is InChI=1S/C38H55ClFN3O7SSi2/c1-38(2,3)53(8,9)50-32-22-48-34-31(21-47-35(32)34)49-37-42-30-20-27(39)29(41-36(30)43(37)23-46-14-16-52(5,6)7)19-26-13-12-25-17-24(18-28(40)33(25)26)11-10-15-51(4,44)45/h10-11,17-18,20,26,31-32,34-35H,12-16,19,21-23H2,1-9H3/b11-10+/t26-,31-,32-,34-,35-/m1/s1. The molecule has 0 bridgehead atoms. The number of aryl methyl sites for hydroxylation is 1. The molecule has 53 heavy (non-hydrogen) atoms. The smallest absolute Gasteiger partial charge is 0.301 e. The number of halogens is 2. The highest BCUT2D eigenvalue weighted by atomic mass is 35.5. The van der Waals surface area contributed by atoms with Crippen LogP contribution in [0.4, 0.5) is 4.39 Å². The van der Waals surface area contributed by atoms with Gasteiger partial charge in [-0.15, -0.1) is 0 Å². The molecule has 0 spiro atoms. The summed E-state index contributed by atoms with van der Waals surface area (Å²) in [6.07, 6.45) is 5.21. The Kier molecular flexibility index (Phi) is 11.8. The molecule has 2 aliphatic heterocycles. The fraction of sp³-hybridized carbons (Fsp3) is 0.632. The summed E-state index contributed by atoms with van der Waals surface area (Å²) >= 11 is 6.87. The Morgan fingerprint density at radius 1 is 1.06 bits per heavy atom. The Labute approximate surface area is 320 Å². The molecule has 0 saturated carbocycles. The molecule has 10 nitrogen and oxygen atoms in total. The van der Waals surface area contributed by atoms with Crippen molar-refractivity contribution in [1.82, 2.24) is 14.5 Å². The molecule has 1 aromatic carbocycles. The number of rotatable bonds is 14. The summed E-state index contributed by atoms with van der Waals surface area (Å²) < 4.78 is 72.6. The first kappa shape index (κ1) is 40.5. The molecule has 2 fully saturated rings. The van der Waals surface area contributed by atoms with Crippen molar-refractivity contribution < 1.29 is 36.2 Å². The second kappa shape index (κ2) is 15.4. The lowest BCUT2D eigenvalue weighted by atomic mass is 9.94. The summed E-state index contributed by atoms with van der Waals surface area (Å²) in [5, 5.41) is 0.517. The van der Waals surface area contributed by atoms with Crippen LogP contribution in [0.3, 0.4) is 0 Å². The molecule has 3 aliphatic rings. The minimum absolute atomic E-state index is 0.0619. The van der Waals surface area contributed by atoms with Crippen LogP contribution >= 0.6 is 11.6 Å². The Morgan fingerprint density at radius 3 is 2.43 bits per heavy atom. The number of nitrogens with zero attached hydrogens (tertiary/aromatic N) is 3. The third kappa shape index (κ3) is 9.45. The molecule has 3 aromatic rings. The number of imidazole rings is 1. The Balaban J connectivity index is 1.24. The van der Waals surface area contributed by atoms with Crippen molar-refractivity contribution in [2.45, 2.75) is 121 Å². The average molecular weight is 809 g/mol. The molecular formula is C38H55ClFN3O7SSi2. The maximum atomic E-state index is 15.6. The van der Waals surface area contributed by atoms with Crippen LogP contribution in [0.5, 0.6) is 6.01 Å². The van der Waals surface area contributed by atoms with E-state index >= 15 is 4.39 Å². The molecule has 4 heterocycles. The highest BCUT2D eigenvalue weighted by Crippen LogP contribution is 2.42. The summed E-state index contributed by atoms with van der Waals surface area (Å²) in [7, 11) is -6.52. The maximum absolute atomic E-state index is 15.6. The van der Waals surface area contributed by atoms with Crippen molar-refractivity contribution in [2.75, 3.05) is 31.8 Å². The van der Waals surface area contributed by atoms with Crippen molar-refractivity contribution in [3.63, 3.8) is 0 Å². The zero-order valence-corrected chi connectivity index (χ0v) is 36.1. The van der Waals surface area contributed by atoms with E-state index in [1.165, 1.54) is 12.3 Å². The van der Waals surface area contributed by atoms with Crippen molar-refractivity contribution in [1.29, 1.82) is 0 Å². The SMILES string of the molecule is CC(C)(C)[Si](C)(C)O[C@@H]1CO[C@H]2[C@@H]1OC[C@H]2Oc1nc2cc(Cl)c(C[C@H]3CCc4cc(/C=C/CS(C)(=O)=O)cc(F)c43)nc2n1COCC[Si](C)(C)C. The van der Waals surface area contributed by atoms with Gasteiger partial charge in [0.05, 0.1) is 35.8 Å². The summed E-state index contributed by atoms with van der Waals surface area (Å²) in [4.78, 5) is 9.88. The number of sulfone groups is 1. The van der Waals surface area contributed by atoms with Crippen molar-refractivity contribution in [3.8, 4) is 6.01 Å². The third-order valence-corrected chi connectivity index (χ3v) is 18.3. The lowest BCUT2D eigenvalue weighted by Gasteiger charge is -2.39. The fourth-order valence-electron chi connectivity index (χ4n) is 6.98. The molecule has 6 rings (SSSR count). The molecule has 2 aromatic heterocycles. The Morgan fingerprint density at radius 2 is 1.75 bits per heavy atom. The zero-order chi connectivity index (χ0) is 38.5. The molecule has 1 aliphatic carbocycles. The fourth-order valence-corrected chi connectivity index (χ4v) is 9.71. The molecule has 2 saturated heterocycles. The number of aromatic nitrogens is 3. The van der Waals surface area contributed by atoms with E-state index < -0.39 is 32.3 Å². The second-order valence-electron chi connectivity index (χ2n) is 17.6. The number of benzene rings is 1. The van der Waals surface area contributed by atoms with Gasteiger partial charge >= 0.3 is 6.01 Å². The predicted octanol–water partition coefficient (Wildman–Crippen LogP) is 7.80. The molecule has 5 atom stereocenters. The van der Waals surface area contributed by atoms with Crippen LogP contribution in [-0.2, 0) is 48.0 Å². The summed E-state index contributed by atoms with van der Waals surface area (Å²) in [6, 6.07) is 6.58. The second-order valence-corrected chi connectivity index (χ2v) is 30.6. The molecule has 292 valence electrons. The topological polar surface area (TPSA) is 111 Å². The van der Waals surface area contributed by atoms with Crippen LogP contribution in [0.15, 0.2) is 24.3 Å². The van der Waals surface area contributed by atoms with E-state index in [1.807, 2.05) is 10.6 Å². The van der Waals surface area contributed by atoms with Crippen LogP contribution in [0.2, 0.25) is 48.8 Å². The first-order valence-electron chi connectivity index (χ1n) is 18.6. The number of ether oxygens (including phenoxy) is 4. The van der Waals surface area contributed by atoms with E-state index in [9.17, 15) is 8.42 Å². The number of hydrogen-bond acceptors (Lipinski definition) is 9. The van der Waals surface area contributed by atoms with E-state index in [1.54, 1.807) is 18.2 Å². The number of hydrogen-bond donors (Lipinski definition) is 0. The van der Waals surface area contributed by atoms with Gasteiger partial charge in [-0.05, 0) is 78.2 Å². The van der Waals surface area contributed by atoms with Crippen LogP contribution in [-0.4, -0.2) is 95.6 Å². The van der Waals surface area contributed by atoms with Crippen LogP contribution in [0.1, 0.15) is 55.5 Å².